The Morgan fingerprint density at radius 1 is 1.18 bits per heavy atom. The van der Waals surface area contributed by atoms with Crippen LogP contribution in [0, 0.1) is 11.3 Å². The number of hydrogen-bond donors (Lipinski definition) is 3. The number of imidazole rings is 1. The number of nitrogens with one attached hydrogen (secondary N) is 2. The lowest BCUT2D eigenvalue weighted by Crippen LogP contribution is -2.42. The van der Waals surface area contributed by atoms with E-state index in [-0.39, 0.29) is 12.1 Å². The number of carbonyl (C=O) groups is 1. The van der Waals surface area contributed by atoms with Gasteiger partial charge in [0.05, 0.1) is 70.3 Å². The van der Waals surface area contributed by atoms with Gasteiger partial charge in [-0.1, -0.05) is 0 Å². The summed E-state index contributed by atoms with van der Waals surface area (Å²) in [5.74, 6) is -0.567. The van der Waals surface area contributed by atoms with E-state index in [1.165, 1.54) is 26.2 Å². The van der Waals surface area contributed by atoms with Crippen molar-refractivity contribution in [3.05, 3.63) is 66.4 Å². The van der Waals surface area contributed by atoms with Crippen LogP contribution in [0.15, 0.2) is 55.2 Å². The fraction of sp³-hybridized carbons (Fsp3) is 0.231. The molecule has 5 heterocycles. The van der Waals surface area contributed by atoms with Gasteiger partial charge >= 0.3 is 0 Å². The zero-order valence-electron chi connectivity index (χ0n) is 20.8. The highest BCUT2D eigenvalue weighted by atomic mass is 19.1. The molecule has 5 rings (SSSR count). The minimum absolute atomic E-state index is 0.165. The number of carbonyl (C=O) groups excluding carboxylic acids is 1. The van der Waals surface area contributed by atoms with Gasteiger partial charge in [-0.3, -0.25) is 9.78 Å². The van der Waals surface area contributed by atoms with Gasteiger partial charge in [0.15, 0.2) is 5.65 Å². The minimum Gasteiger partial charge on any atom is -0.387 e. The Labute approximate surface area is 216 Å². The Hall–Kier alpha value is -4.89. The third-order valence-electron chi connectivity index (χ3n) is 6.08. The fourth-order valence-corrected chi connectivity index (χ4v) is 3.90. The predicted octanol–water partition coefficient (Wildman–Crippen LogP) is 3.13. The lowest BCUT2D eigenvalue weighted by Gasteiger charge is -2.22. The zero-order valence-corrected chi connectivity index (χ0v) is 20.8. The molecule has 1 amide bonds. The average molecular weight is 514 g/mol. The Balaban J connectivity index is 1.53. The summed E-state index contributed by atoms with van der Waals surface area (Å²) in [5, 5.41) is 29.1. The van der Waals surface area contributed by atoms with E-state index in [9.17, 15) is 14.3 Å². The van der Waals surface area contributed by atoms with Gasteiger partial charge in [-0.2, -0.15) is 10.4 Å². The standard InChI is InChI=1S/C26H24FN9O2/c1-26(2,38)23(27)13-31-25(37)18-12-29-20(22-5-4-17-6-15(9-28)10-33-36(17)22)8-19(18)34-16-7-21-24(30-11-16)35(3)14-32-21/h4-8,10-12,14,23,38H,13H2,1-3H3,(H,29,34)(H,31,37). The van der Waals surface area contributed by atoms with Crippen molar-refractivity contribution in [2.24, 2.45) is 7.05 Å². The molecule has 5 aromatic rings. The summed E-state index contributed by atoms with van der Waals surface area (Å²) in [6.45, 7) is 2.30. The van der Waals surface area contributed by atoms with Crippen molar-refractivity contribution >= 4 is 34.0 Å². The smallest absolute Gasteiger partial charge is 0.255 e. The number of aliphatic hydroxyl groups is 1. The lowest BCUT2D eigenvalue weighted by atomic mass is 10.0. The summed E-state index contributed by atoms with van der Waals surface area (Å²) in [6.07, 6.45) is 4.46. The number of amides is 1. The number of nitriles is 1. The molecule has 0 aliphatic heterocycles. The van der Waals surface area contributed by atoms with Crippen LogP contribution in [0.1, 0.15) is 29.8 Å². The van der Waals surface area contributed by atoms with E-state index in [1.54, 1.807) is 39.8 Å². The van der Waals surface area contributed by atoms with Gasteiger partial charge in [0.2, 0.25) is 0 Å². The van der Waals surface area contributed by atoms with Crippen molar-refractivity contribution in [3.8, 4) is 17.5 Å². The molecule has 1 unspecified atom stereocenters. The van der Waals surface area contributed by atoms with Gasteiger partial charge in [-0.25, -0.2) is 18.9 Å². The largest absolute Gasteiger partial charge is 0.387 e. The molecule has 3 N–H and O–H groups in total. The van der Waals surface area contributed by atoms with Crippen molar-refractivity contribution in [1.29, 1.82) is 5.26 Å². The number of pyridine rings is 2. The molecule has 1 atom stereocenters. The van der Waals surface area contributed by atoms with Crippen LogP contribution in [0.2, 0.25) is 0 Å². The molecule has 0 saturated carbocycles. The van der Waals surface area contributed by atoms with Gasteiger partial charge in [-0.05, 0) is 44.2 Å². The van der Waals surface area contributed by atoms with Gasteiger partial charge < -0.3 is 20.3 Å². The van der Waals surface area contributed by atoms with Crippen LogP contribution in [0.3, 0.4) is 0 Å². The Morgan fingerprint density at radius 3 is 2.76 bits per heavy atom. The van der Waals surface area contributed by atoms with Crippen LogP contribution in [0.25, 0.3) is 28.1 Å². The highest BCUT2D eigenvalue weighted by molar-refractivity contribution is 6.00. The number of halogens is 1. The maximum absolute atomic E-state index is 14.3. The summed E-state index contributed by atoms with van der Waals surface area (Å²) in [5.41, 5.74) is 3.20. The fourth-order valence-electron chi connectivity index (χ4n) is 3.90. The van der Waals surface area contributed by atoms with Crippen LogP contribution in [0.4, 0.5) is 15.8 Å². The van der Waals surface area contributed by atoms with Crippen molar-refractivity contribution < 1.29 is 14.3 Å². The summed E-state index contributed by atoms with van der Waals surface area (Å²) in [4.78, 5) is 26.3. The SMILES string of the molecule is Cn1cnc2cc(Nc3cc(-c4ccc5cc(C#N)cnn45)ncc3C(=O)NCC(F)C(C)(C)O)cnc21. The number of hydrogen-bond acceptors (Lipinski definition) is 8. The average Bonchev–Trinajstić information content (AvgIpc) is 3.49. The monoisotopic (exact) mass is 513 g/mol. The Morgan fingerprint density at radius 2 is 2.00 bits per heavy atom. The summed E-state index contributed by atoms with van der Waals surface area (Å²) < 4.78 is 17.7. The number of alkyl halides is 1. The Bertz CT molecular complexity index is 1710. The summed E-state index contributed by atoms with van der Waals surface area (Å²) in [7, 11) is 1.84. The van der Waals surface area contributed by atoms with Gasteiger partial charge in [0, 0.05) is 13.2 Å². The van der Waals surface area contributed by atoms with Crippen LogP contribution >= 0.6 is 0 Å². The summed E-state index contributed by atoms with van der Waals surface area (Å²) in [6, 6.07) is 10.9. The second kappa shape index (κ2) is 9.53. The van der Waals surface area contributed by atoms with Gasteiger partial charge in [0.25, 0.3) is 5.91 Å². The molecule has 12 heteroatoms. The molecule has 0 radical (unpaired) electrons. The molecule has 192 valence electrons. The van der Waals surface area contributed by atoms with E-state index in [2.05, 4.69) is 36.8 Å². The first-order valence-electron chi connectivity index (χ1n) is 11.7. The third-order valence-corrected chi connectivity index (χ3v) is 6.08. The predicted molar refractivity (Wildman–Crippen MR) is 138 cm³/mol. The normalized spacial score (nSPS) is 12.4. The molecule has 0 aliphatic carbocycles. The van der Waals surface area contributed by atoms with Crippen LogP contribution in [-0.4, -0.2) is 58.5 Å². The first kappa shape index (κ1) is 24.8. The molecule has 0 aromatic carbocycles. The molecule has 0 saturated heterocycles. The molecule has 38 heavy (non-hydrogen) atoms. The van der Waals surface area contributed by atoms with Crippen molar-refractivity contribution in [2.45, 2.75) is 25.6 Å². The maximum Gasteiger partial charge on any atom is 0.255 e. The second-order valence-corrected chi connectivity index (χ2v) is 9.40. The number of fused-ring (bicyclic) bond motifs is 2. The van der Waals surface area contributed by atoms with E-state index in [4.69, 9.17) is 5.26 Å². The molecule has 0 aliphatic rings. The highest BCUT2D eigenvalue weighted by Gasteiger charge is 2.27. The molecule has 0 bridgehead atoms. The molecule has 0 fully saturated rings. The van der Waals surface area contributed by atoms with Crippen molar-refractivity contribution in [3.63, 3.8) is 0 Å². The van der Waals surface area contributed by atoms with E-state index in [0.29, 0.717) is 45.0 Å². The number of nitrogens with zero attached hydrogens (tertiary/aromatic N) is 7. The first-order valence-corrected chi connectivity index (χ1v) is 11.7. The van der Waals surface area contributed by atoms with E-state index in [1.807, 2.05) is 19.2 Å². The number of anilines is 2. The van der Waals surface area contributed by atoms with Crippen LogP contribution < -0.4 is 10.6 Å². The molecule has 11 nitrogen and oxygen atoms in total. The third kappa shape index (κ3) is 4.74. The number of rotatable bonds is 7. The van der Waals surface area contributed by atoms with Gasteiger partial charge in [-0.15, -0.1) is 0 Å². The summed E-state index contributed by atoms with van der Waals surface area (Å²) >= 11 is 0. The Kier molecular flexibility index (Phi) is 6.22. The van der Waals surface area contributed by atoms with Crippen LogP contribution in [0.5, 0.6) is 0 Å². The van der Waals surface area contributed by atoms with E-state index in [0.717, 1.165) is 0 Å². The number of aryl methyl sites for hydroxylation is 1. The topological polar surface area (TPSA) is 146 Å². The molecule has 0 spiro atoms. The van der Waals surface area contributed by atoms with Crippen LogP contribution in [-0.2, 0) is 7.05 Å². The van der Waals surface area contributed by atoms with Crippen molar-refractivity contribution in [2.75, 3.05) is 11.9 Å². The van der Waals surface area contributed by atoms with E-state index >= 15 is 0 Å². The molecule has 5 aromatic heterocycles. The minimum atomic E-state index is -1.66. The first-order chi connectivity index (χ1) is 18.1. The molecular formula is C26H24FN9O2. The zero-order chi connectivity index (χ0) is 27.0. The highest BCUT2D eigenvalue weighted by Crippen LogP contribution is 2.28. The van der Waals surface area contributed by atoms with Crippen molar-refractivity contribution in [1.82, 2.24) is 34.4 Å². The van der Waals surface area contributed by atoms with Gasteiger partial charge in [0.1, 0.15) is 17.8 Å². The lowest BCUT2D eigenvalue weighted by molar-refractivity contribution is -0.00177. The quantitative estimate of drug-likeness (QED) is 0.301. The number of aromatic nitrogens is 6. The maximum atomic E-state index is 14.3. The molecular weight excluding hydrogens is 489 g/mol. The van der Waals surface area contributed by atoms with E-state index < -0.39 is 17.7 Å². The second-order valence-electron chi connectivity index (χ2n) is 9.40.